The standard InChI is InChI=1S/C9H13N3O/c1-2-6(1)8-11-12-9(13-8)7-3-4-10-5-7/h6-7,10H,1-5H2/t7-/m1/s1. The maximum absolute atomic E-state index is 5.63. The molecule has 1 aromatic rings. The molecule has 4 heteroatoms. The number of nitrogens with one attached hydrogen (secondary N) is 1. The Morgan fingerprint density at radius 2 is 1.85 bits per heavy atom. The molecule has 0 aromatic carbocycles. The number of hydrogen-bond acceptors (Lipinski definition) is 4. The molecule has 1 N–H and O–H groups in total. The fourth-order valence-corrected chi connectivity index (χ4v) is 1.77. The van der Waals surface area contributed by atoms with Crippen LogP contribution in [-0.2, 0) is 0 Å². The third-order valence-corrected chi connectivity index (χ3v) is 2.79. The first-order valence-corrected chi connectivity index (χ1v) is 4.97. The first kappa shape index (κ1) is 7.50. The molecule has 0 spiro atoms. The van der Waals surface area contributed by atoms with E-state index in [1.807, 2.05) is 0 Å². The van der Waals surface area contributed by atoms with Gasteiger partial charge in [0.25, 0.3) is 0 Å². The topological polar surface area (TPSA) is 51.0 Å². The Labute approximate surface area is 76.7 Å². The van der Waals surface area contributed by atoms with E-state index in [-0.39, 0.29) is 0 Å². The van der Waals surface area contributed by atoms with Gasteiger partial charge in [-0.3, -0.25) is 0 Å². The Balaban J connectivity index is 1.79. The van der Waals surface area contributed by atoms with Gasteiger partial charge in [-0.15, -0.1) is 10.2 Å². The molecule has 1 aliphatic carbocycles. The van der Waals surface area contributed by atoms with Crippen LogP contribution in [0, 0.1) is 0 Å². The van der Waals surface area contributed by atoms with Crippen molar-refractivity contribution in [1.82, 2.24) is 15.5 Å². The monoisotopic (exact) mass is 179 g/mol. The Hall–Kier alpha value is -0.900. The Bertz CT molecular complexity index is 300. The van der Waals surface area contributed by atoms with Gasteiger partial charge in [0, 0.05) is 12.5 Å². The normalized spacial score (nSPS) is 28.2. The van der Waals surface area contributed by atoms with Crippen molar-refractivity contribution in [3.63, 3.8) is 0 Å². The van der Waals surface area contributed by atoms with Crippen molar-refractivity contribution in [3.05, 3.63) is 11.8 Å². The van der Waals surface area contributed by atoms with Gasteiger partial charge in [-0.25, -0.2) is 0 Å². The summed E-state index contributed by atoms with van der Waals surface area (Å²) < 4.78 is 5.63. The Morgan fingerprint density at radius 3 is 2.46 bits per heavy atom. The number of aromatic nitrogens is 2. The molecule has 1 aromatic heterocycles. The van der Waals surface area contributed by atoms with Crippen LogP contribution in [0.1, 0.15) is 42.9 Å². The lowest BCUT2D eigenvalue weighted by Gasteiger charge is -1.99. The zero-order valence-corrected chi connectivity index (χ0v) is 7.49. The van der Waals surface area contributed by atoms with E-state index in [4.69, 9.17) is 4.42 Å². The summed E-state index contributed by atoms with van der Waals surface area (Å²) >= 11 is 0. The maximum atomic E-state index is 5.63. The summed E-state index contributed by atoms with van der Waals surface area (Å²) in [6, 6.07) is 0. The third kappa shape index (κ3) is 1.35. The lowest BCUT2D eigenvalue weighted by atomic mass is 10.1. The van der Waals surface area contributed by atoms with Gasteiger partial charge in [-0.05, 0) is 25.8 Å². The molecule has 2 fully saturated rings. The molecule has 0 bridgehead atoms. The fraction of sp³-hybridized carbons (Fsp3) is 0.778. The van der Waals surface area contributed by atoms with Gasteiger partial charge in [0.2, 0.25) is 11.8 Å². The van der Waals surface area contributed by atoms with E-state index < -0.39 is 0 Å². The molecule has 1 atom stereocenters. The zero-order valence-electron chi connectivity index (χ0n) is 7.49. The quantitative estimate of drug-likeness (QED) is 0.736. The minimum absolute atomic E-state index is 0.458. The smallest absolute Gasteiger partial charge is 0.220 e. The van der Waals surface area contributed by atoms with Crippen LogP contribution in [0.15, 0.2) is 4.42 Å². The fourth-order valence-electron chi connectivity index (χ4n) is 1.77. The highest BCUT2D eigenvalue weighted by atomic mass is 16.4. The molecule has 13 heavy (non-hydrogen) atoms. The van der Waals surface area contributed by atoms with Gasteiger partial charge < -0.3 is 9.73 Å². The number of rotatable bonds is 2. The first-order chi connectivity index (χ1) is 6.43. The van der Waals surface area contributed by atoms with Crippen LogP contribution in [0.3, 0.4) is 0 Å². The van der Waals surface area contributed by atoms with E-state index in [0.717, 1.165) is 31.3 Å². The molecular weight excluding hydrogens is 166 g/mol. The van der Waals surface area contributed by atoms with Crippen LogP contribution in [0.5, 0.6) is 0 Å². The predicted octanol–water partition coefficient (Wildman–Crippen LogP) is 1.02. The van der Waals surface area contributed by atoms with Crippen molar-refractivity contribution in [2.24, 2.45) is 0 Å². The lowest BCUT2D eigenvalue weighted by Crippen LogP contribution is -2.08. The van der Waals surface area contributed by atoms with Gasteiger partial charge in [0.1, 0.15) is 0 Å². The molecule has 3 rings (SSSR count). The van der Waals surface area contributed by atoms with Crippen LogP contribution in [0.25, 0.3) is 0 Å². The van der Waals surface area contributed by atoms with E-state index >= 15 is 0 Å². The van der Waals surface area contributed by atoms with Gasteiger partial charge in [0.15, 0.2) is 0 Å². The summed E-state index contributed by atoms with van der Waals surface area (Å²) in [5.74, 6) is 2.74. The van der Waals surface area contributed by atoms with Crippen LogP contribution in [0.4, 0.5) is 0 Å². The molecule has 1 saturated heterocycles. The minimum Gasteiger partial charge on any atom is -0.425 e. The molecule has 2 heterocycles. The molecule has 4 nitrogen and oxygen atoms in total. The van der Waals surface area contributed by atoms with Crippen molar-refractivity contribution < 1.29 is 4.42 Å². The van der Waals surface area contributed by atoms with Crippen LogP contribution < -0.4 is 5.32 Å². The van der Waals surface area contributed by atoms with Gasteiger partial charge in [0.05, 0.1) is 5.92 Å². The molecule has 0 radical (unpaired) electrons. The largest absolute Gasteiger partial charge is 0.425 e. The minimum atomic E-state index is 0.458. The molecule has 1 saturated carbocycles. The van der Waals surface area contributed by atoms with Crippen molar-refractivity contribution in [1.29, 1.82) is 0 Å². The molecular formula is C9H13N3O. The average Bonchev–Trinajstić information content (AvgIpc) is 2.72. The number of nitrogens with zero attached hydrogens (tertiary/aromatic N) is 2. The Kier molecular flexibility index (Phi) is 1.62. The first-order valence-electron chi connectivity index (χ1n) is 4.97. The molecule has 1 aliphatic heterocycles. The highest BCUT2D eigenvalue weighted by Gasteiger charge is 2.31. The summed E-state index contributed by atoms with van der Waals surface area (Å²) in [6.07, 6.45) is 3.58. The molecule has 0 amide bonds. The van der Waals surface area contributed by atoms with Gasteiger partial charge in [-0.2, -0.15) is 0 Å². The van der Waals surface area contributed by atoms with Crippen molar-refractivity contribution in [2.75, 3.05) is 13.1 Å². The summed E-state index contributed by atoms with van der Waals surface area (Å²) in [5.41, 5.74) is 0. The average molecular weight is 179 g/mol. The van der Waals surface area contributed by atoms with Gasteiger partial charge in [-0.1, -0.05) is 0 Å². The second-order valence-corrected chi connectivity index (χ2v) is 3.94. The SMILES string of the molecule is C1C[C@@H](c2nnc(C3CC3)o2)CN1. The van der Waals surface area contributed by atoms with E-state index in [1.54, 1.807) is 0 Å². The third-order valence-electron chi connectivity index (χ3n) is 2.79. The van der Waals surface area contributed by atoms with E-state index in [1.165, 1.54) is 12.8 Å². The van der Waals surface area contributed by atoms with E-state index in [2.05, 4.69) is 15.5 Å². The van der Waals surface area contributed by atoms with Crippen molar-refractivity contribution >= 4 is 0 Å². The highest BCUT2D eigenvalue weighted by molar-refractivity contribution is 5.03. The van der Waals surface area contributed by atoms with E-state index in [9.17, 15) is 0 Å². The molecule has 0 unspecified atom stereocenters. The summed E-state index contributed by atoms with van der Waals surface area (Å²) in [6.45, 7) is 2.07. The van der Waals surface area contributed by atoms with E-state index in [0.29, 0.717) is 11.8 Å². The second kappa shape index (κ2) is 2.80. The highest BCUT2D eigenvalue weighted by Crippen LogP contribution is 2.39. The van der Waals surface area contributed by atoms with Crippen molar-refractivity contribution in [3.8, 4) is 0 Å². The lowest BCUT2D eigenvalue weighted by molar-refractivity contribution is 0.424. The summed E-state index contributed by atoms with van der Waals surface area (Å²) in [7, 11) is 0. The van der Waals surface area contributed by atoms with Crippen molar-refractivity contribution in [2.45, 2.75) is 31.1 Å². The van der Waals surface area contributed by atoms with Crippen LogP contribution in [0.2, 0.25) is 0 Å². The number of hydrogen-bond donors (Lipinski definition) is 1. The molecule has 2 aliphatic rings. The van der Waals surface area contributed by atoms with Crippen LogP contribution in [-0.4, -0.2) is 23.3 Å². The maximum Gasteiger partial charge on any atom is 0.220 e. The van der Waals surface area contributed by atoms with Crippen LogP contribution >= 0.6 is 0 Å². The molecule has 70 valence electrons. The summed E-state index contributed by atoms with van der Waals surface area (Å²) in [5, 5.41) is 11.5. The Morgan fingerprint density at radius 1 is 1.08 bits per heavy atom. The second-order valence-electron chi connectivity index (χ2n) is 3.94. The zero-order chi connectivity index (χ0) is 8.67. The summed E-state index contributed by atoms with van der Waals surface area (Å²) in [4.78, 5) is 0. The van der Waals surface area contributed by atoms with Gasteiger partial charge >= 0.3 is 0 Å². The predicted molar refractivity (Wildman–Crippen MR) is 46.5 cm³/mol.